The van der Waals surface area contributed by atoms with E-state index in [2.05, 4.69) is 33.9 Å². The molecule has 28 heavy (non-hydrogen) atoms. The van der Waals surface area contributed by atoms with Crippen molar-refractivity contribution in [3.8, 4) is 16.3 Å². The number of nitrogens with zero attached hydrogens (tertiary/aromatic N) is 3. The van der Waals surface area contributed by atoms with Gasteiger partial charge in [-0.05, 0) is 67.0 Å². The van der Waals surface area contributed by atoms with Crippen LogP contribution in [0, 0.1) is 12.3 Å². The molecule has 6 heteroatoms. The number of hydrogen-bond donors (Lipinski definition) is 2. The summed E-state index contributed by atoms with van der Waals surface area (Å²) in [6.07, 6.45) is 6.82. The van der Waals surface area contributed by atoms with Crippen molar-refractivity contribution in [1.29, 1.82) is 0 Å². The van der Waals surface area contributed by atoms with Crippen LogP contribution < -0.4 is 10.6 Å². The van der Waals surface area contributed by atoms with Gasteiger partial charge in [0.25, 0.3) is 0 Å². The van der Waals surface area contributed by atoms with Crippen molar-refractivity contribution in [1.82, 2.24) is 9.97 Å². The normalized spacial score (nSPS) is 20.5. The molecule has 2 aromatic heterocycles. The topological polar surface area (TPSA) is 75.3 Å². The van der Waals surface area contributed by atoms with Crippen LogP contribution in [-0.2, 0) is 6.42 Å². The standard InChI is InChI=1S/C22H24N4OS/c1-14-2-5-19(28-14)18-12-25-20(13-24-18)26-8-6-22(7-9-26)11-15-3-4-16(27)10-17(15)21(22)23/h2-5,10,12-13,21,27H,6-9,11,23H2,1H3/t21-/m1/s1. The van der Waals surface area contributed by atoms with E-state index in [1.165, 1.54) is 10.4 Å². The van der Waals surface area contributed by atoms with Crippen LogP contribution >= 0.6 is 11.3 Å². The third kappa shape index (κ3) is 2.88. The highest BCUT2D eigenvalue weighted by atomic mass is 32.1. The second-order valence-electron chi connectivity index (χ2n) is 8.06. The third-order valence-corrected chi connectivity index (χ3v) is 7.40. The quantitative estimate of drug-likeness (QED) is 0.688. The molecular weight excluding hydrogens is 368 g/mol. The van der Waals surface area contributed by atoms with E-state index in [0.29, 0.717) is 5.75 Å². The number of piperidine rings is 1. The molecule has 0 radical (unpaired) electrons. The first-order valence-corrected chi connectivity index (χ1v) is 10.6. The maximum atomic E-state index is 9.82. The summed E-state index contributed by atoms with van der Waals surface area (Å²) < 4.78 is 0. The van der Waals surface area contributed by atoms with Gasteiger partial charge in [0, 0.05) is 24.0 Å². The molecule has 1 saturated heterocycles. The number of benzene rings is 1. The number of fused-ring (bicyclic) bond motifs is 1. The number of rotatable bonds is 2. The first-order valence-electron chi connectivity index (χ1n) is 9.75. The summed E-state index contributed by atoms with van der Waals surface area (Å²) in [5.41, 5.74) is 10.1. The Hall–Kier alpha value is -2.44. The first-order chi connectivity index (χ1) is 13.5. The van der Waals surface area contributed by atoms with E-state index < -0.39 is 0 Å². The van der Waals surface area contributed by atoms with E-state index in [1.807, 2.05) is 24.5 Å². The third-order valence-electron chi connectivity index (χ3n) is 6.38. The van der Waals surface area contributed by atoms with Gasteiger partial charge in [-0.15, -0.1) is 11.3 Å². The van der Waals surface area contributed by atoms with Crippen molar-refractivity contribution in [3.63, 3.8) is 0 Å². The highest BCUT2D eigenvalue weighted by Crippen LogP contribution is 2.51. The van der Waals surface area contributed by atoms with Crippen molar-refractivity contribution < 1.29 is 5.11 Å². The second kappa shape index (κ2) is 6.57. The maximum Gasteiger partial charge on any atom is 0.147 e. The predicted molar refractivity (Wildman–Crippen MR) is 113 cm³/mol. The zero-order valence-corrected chi connectivity index (χ0v) is 16.7. The summed E-state index contributed by atoms with van der Waals surface area (Å²) in [6.45, 7) is 3.96. The molecule has 0 saturated carbocycles. The Labute approximate surface area is 168 Å². The molecule has 0 bridgehead atoms. The van der Waals surface area contributed by atoms with Crippen molar-refractivity contribution in [2.45, 2.75) is 32.2 Å². The summed E-state index contributed by atoms with van der Waals surface area (Å²) in [6, 6.07) is 9.85. The molecule has 3 N–H and O–H groups in total. The molecule has 1 aromatic carbocycles. The molecule has 1 atom stereocenters. The van der Waals surface area contributed by atoms with Crippen LogP contribution in [0.4, 0.5) is 5.82 Å². The Morgan fingerprint density at radius 3 is 2.64 bits per heavy atom. The smallest absolute Gasteiger partial charge is 0.147 e. The van der Waals surface area contributed by atoms with Crippen molar-refractivity contribution >= 4 is 17.2 Å². The number of aromatic hydroxyl groups is 1. The fourth-order valence-electron chi connectivity index (χ4n) is 4.70. The van der Waals surface area contributed by atoms with Crippen LogP contribution in [0.3, 0.4) is 0 Å². The molecule has 1 aliphatic heterocycles. The minimum absolute atomic E-state index is 0.00715. The molecular formula is C22H24N4OS. The van der Waals surface area contributed by atoms with Crippen LogP contribution in [0.15, 0.2) is 42.7 Å². The van der Waals surface area contributed by atoms with Gasteiger partial charge in [0.05, 0.1) is 23.0 Å². The van der Waals surface area contributed by atoms with Crippen molar-refractivity contribution in [2.24, 2.45) is 11.1 Å². The summed E-state index contributed by atoms with van der Waals surface area (Å²) in [4.78, 5) is 14.1. The predicted octanol–water partition coefficient (Wildman–Crippen LogP) is 4.06. The molecule has 3 heterocycles. The summed E-state index contributed by atoms with van der Waals surface area (Å²) in [7, 11) is 0. The van der Waals surface area contributed by atoms with Crippen molar-refractivity contribution in [3.05, 3.63) is 58.7 Å². The van der Waals surface area contributed by atoms with E-state index in [9.17, 15) is 5.11 Å². The SMILES string of the molecule is Cc1ccc(-c2cnc(N3CCC4(CC3)Cc3ccc(O)cc3[C@H]4N)cn2)s1. The van der Waals surface area contributed by atoms with E-state index >= 15 is 0 Å². The van der Waals surface area contributed by atoms with Gasteiger partial charge < -0.3 is 15.7 Å². The van der Waals surface area contributed by atoms with E-state index in [0.717, 1.165) is 54.3 Å². The number of aryl methyl sites for hydroxylation is 1. The summed E-state index contributed by atoms with van der Waals surface area (Å²) in [5.74, 6) is 1.24. The average molecular weight is 393 g/mol. The van der Waals surface area contributed by atoms with Gasteiger partial charge in [-0.25, -0.2) is 9.97 Å². The van der Waals surface area contributed by atoms with Gasteiger partial charge in [0.2, 0.25) is 0 Å². The molecule has 144 valence electrons. The van der Waals surface area contributed by atoms with Crippen LogP contribution in [0.25, 0.3) is 10.6 Å². The molecule has 0 amide bonds. The van der Waals surface area contributed by atoms with Crippen molar-refractivity contribution in [2.75, 3.05) is 18.0 Å². The summed E-state index contributed by atoms with van der Waals surface area (Å²) >= 11 is 1.74. The molecule has 1 spiro atoms. The Morgan fingerprint density at radius 1 is 1.14 bits per heavy atom. The average Bonchev–Trinajstić information content (AvgIpc) is 3.25. The molecule has 2 aliphatic rings. The van der Waals surface area contributed by atoms with Crippen LogP contribution in [0.1, 0.15) is 34.9 Å². The zero-order chi connectivity index (χ0) is 19.3. The number of nitrogens with two attached hydrogens (primary N) is 1. The van der Waals surface area contributed by atoms with Gasteiger partial charge >= 0.3 is 0 Å². The molecule has 1 aliphatic carbocycles. The van der Waals surface area contributed by atoms with Crippen LogP contribution in [0.2, 0.25) is 0 Å². The lowest BCUT2D eigenvalue weighted by atomic mass is 9.73. The minimum Gasteiger partial charge on any atom is -0.508 e. The number of hydrogen-bond acceptors (Lipinski definition) is 6. The monoisotopic (exact) mass is 392 g/mol. The number of aromatic nitrogens is 2. The highest BCUT2D eigenvalue weighted by Gasteiger charge is 2.46. The Bertz CT molecular complexity index is 1010. The maximum absolute atomic E-state index is 9.82. The molecule has 1 fully saturated rings. The van der Waals surface area contributed by atoms with Gasteiger partial charge in [-0.1, -0.05) is 6.07 Å². The van der Waals surface area contributed by atoms with E-state index in [1.54, 1.807) is 17.4 Å². The minimum atomic E-state index is -0.00715. The zero-order valence-electron chi connectivity index (χ0n) is 15.9. The molecule has 5 rings (SSSR count). The van der Waals surface area contributed by atoms with Crippen LogP contribution in [-0.4, -0.2) is 28.2 Å². The number of phenols is 1. The Balaban J connectivity index is 1.30. The fraction of sp³-hybridized carbons (Fsp3) is 0.364. The van der Waals surface area contributed by atoms with Crippen LogP contribution in [0.5, 0.6) is 5.75 Å². The fourth-order valence-corrected chi connectivity index (χ4v) is 5.53. The number of phenolic OH excluding ortho intramolecular Hbond substituents is 1. The Kier molecular flexibility index (Phi) is 4.14. The van der Waals surface area contributed by atoms with Gasteiger partial charge in [0.1, 0.15) is 11.6 Å². The van der Waals surface area contributed by atoms with Gasteiger partial charge in [-0.3, -0.25) is 0 Å². The summed E-state index contributed by atoms with van der Waals surface area (Å²) in [5, 5.41) is 9.82. The number of thiophene rings is 1. The second-order valence-corrected chi connectivity index (χ2v) is 9.35. The molecule has 5 nitrogen and oxygen atoms in total. The van der Waals surface area contributed by atoms with E-state index in [-0.39, 0.29) is 11.5 Å². The Morgan fingerprint density at radius 2 is 1.96 bits per heavy atom. The highest BCUT2D eigenvalue weighted by molar-refractivity contribution is 7.15. The molecule has 0 unspecified atom stereocenters. The first kappa shape index (κ1) is 17.6. The van der Waals surface area contributed by atoms with Gasteiger partial charge in [-0.2, -0.15) is 0 Å². The van der Waals surface area contributed by atoms with Gasteiger partial charge in [0.15, 0.2) is 0 Å². The van der Waals surface area contributed by atoms with E-state index in [4.69, 9.17) is 5.73 Å². The lowest BCUT2D eigenvalue weighted by Crippen LogP contribution is -2.44. The largest absolute Gasteiger partial charge is 0.508 e. The lowest BCUT2D eigenvalue weighted by molar-refractivity contribution is 0.187. The number of anilines is 1. The molecule has 3 aromatic rings. The lowest BCUT2D eigenvalue weighted by Gasteiger charge is -2.42.